The molecule has 3 atom stereocenters. The summed E-state index contributed by atoms with van der Waals surface area (Å²) in [7, 11) is 1.38. The minimum absolute atomic E-state index is 0.0774. The quantitative estimate of drug-likeness (QED) is 0.577. The number of aryl methyl sites for hydroxylation is 1. The SMILES string of the molecule is COC(=O)N1CCC2C1CCCC2(C#Cc1cccc(C)c1)OC(=O)CCCC(N)=O. The van der Waals surface area contributed by atoms with Crippen LogP contribution in [0.3, 0.4) is 0 Å². The van der Waals surface area contributed by atoms with Crippen molar-refractivity contribution in [3.05, 3.63) is 35.4 Å². The Morgan fingerprint density at radius 3 is 2.77 bits per heavy atom. The maximum Gasteiger partial charge on any atom is 0.409 e. The maximum absolute atomic E-state index is 12.7. The zero-order valence-corrected chi connectivity index (χ0v) is 18.2. The lowest BCUT2D eigenvalue weighted by Crippen LogP contribution is -2.51. The molecule has 1 heterocycles. The van der Waals surface area contributed by atoms with Crippen molar-refractivity contribution in [2.24, 2.45) is 11.7 Å². The van der Waals surface area contributed by atoms with Gasteiger partial charge in [-0.3, -0.25) is 9.59 Å². The van der Waals surface area contributed by atoms with Gasteiger partial charge in [-0.05, 0) is 62.6 Å². The van der Waals surface area contributed by atoms with Crippen molar-refractivity contribution in [3.63, 3.8) is 0 Å². The predicted octanol–water partition coefficient (Wildman–Crippen LogP) is 2.92. The number of primary amides is 1. The number of carbonyl (C=O) groups excluding carboxylic acids is 3. The van der Waals surface area contributed by atoms with Gasteiger partial charge in [-0.2, -0.15) is 0 Å². The van der Waals surface area contributed by atoms with Crippen LogP contribution in [-0.2, 0) is 19.1 Å². The van der Waals surface area contributed by atoms with Crippen LogP contribution in [0.4, 0.5) is 4.79 Å². The second-order valence-corrected chi connectivity index (χ2v) is 8.32. The second kappa shape index (κ2) is 9.86. The van der Waals surface area contributed by atoms with E-state index in [1.807, 2.05) is 31.2 Å². The van der Waals surface area contributed by atoms with Crippen LogP contribution in [0.5, 0.6) is 0 Å². The van der Waals surface area contributed by atoms with Crippen LogP contribution in [0.2, 0.25) is 0 Å². The molecule has 2 N–H and O–H groups in total. The normalized spacial score (nSPS) is 24.5. The van der Waals surface area contributed by atoms with E-state index in [4.69, 9.17) is 15.2 Å². The highest BCUT2D eigenvalue weighted by molar-refractivity contribution is 5.75. The molecule has 1 saturated heterocycles. The fraction of sp³-hybridized carbons (Fsp3) is 0.542. The number of likely N-dealkylation sites (tertiary alicyclic amines) is 1. The molecular formula is C24H30N2O5. The third-order valence-corrected chi connectivity index (χ3v) is 6.14. The Morgan fingerprint density at radius 2 is 2.06 bits per heavy atom. The Hall–Kier alpha value is -3.01. The molecule has 0 radical (unpaired) electrons. The fourth-order valence-electron chi connectivity index (χ4n) is 4.73. The number of carbonyl (C=O) groups is 3. The molecule has 166 valence electrons. The van der Waals surface area contributed by atoms with Crippen LogP contribution in [0, 0.1) is 24.7 Å². The number of nitrogens with zero attached hydrogens (tertiary/aromatic N) is 1. The highest BCUT2D eigenvalue weighted by Crippen LogP contribution is 2.45. The van der Waals surface area contributed by atoms with E-state index in [0.29, 0.717) is 25.8 Å². The van der Waals surface area contributed by atoms with Gasteiger partial charge in [0.15, 0.2) is 5.60 Å². The molecule has 0 bridgehead atoms. The van der Waals surface area contributed by atoms with Crippen LogP contribution in [0.1, 0.15) is 56.1 Å². The number of rotatable bonds is 5. The number of esters is 1. The first kappa shape index (κ1) is 22.7. The molecule has 1 aliphatic heterocycles. The Labute approximate surface area is 183 Å². The van der Waals surface area contributed by atoms with Crippen molar-refractivity contribution >= 4 is 18.0 Å². The molecule has 1 aromatic carbocycles. The fourth-order valence-corrected chi connectivity index (χ4v) is 4.73. The summed E-state index contributed by atoms with van der Waals surface area (Å²) in [4.78, 5) is 37.6. The first-order chi connectivity index (χ1) is 14.8. The standard InChI is InChI=1S/C24H30N2O5/c1-17-6-3-7-18(16-17)11-14-24(31-22(28)10-4-9-21(25)27)13-5-8-20-19(24)12-15-26(20)23(29)30-2/h3,6-7,16,19-20H,4-5,8-10,12-13,15H2,1-2H3,(H2,25,27). The predicted molar refractivity (Wildman–Crippen MR) is 115 cm³/mol. The zero-order chi connectivity index (χ0) is 22.4. The van der Waals surface area contributed by atoms with Crippen LogP contribution in [0.15, 0.2) is 24.3 Å². The van der Waals surface area contributed by atoms with E-state index >= 15 is 0 Å². The lowest BCUT2D eigenvalue weighted by atomic mass is 9.72. The molecule has 1 aromatic rings. The first-order valence-electron chi connectivity index (χ1n) is 10.8. The van der Waals surface area contributed by atoms with Gasteiger partial charge in [0.05, 0.1) is 7.11 Å². The second-order valence-electron chi connectivity index (χ2n) is 8.32. The molecule has 7 heteroatoms. The Morgan fingerprint density at radius 1 is 1.26 bits per heavy atom. The van der Waals surface area contributed by atoms with Gasteiger partial charge in [-0.15, -0.1) is 0 Å². The van der Waals surface area contributed by atoms with E-state index in [2.05, 4.69) is 11.8 Å². The highest BCUT2D eigenvalue weighted by Gasteiger charge is 2.53. The molecule has 1 aliphatic carbocycles. The van der Waals surface area contributed by atoms with Gasteiger partial charge in [0.1, 0.15) is 0 Å². The molecule has 2 fully saturated rings. The molecule has 0 aromatic heterocycles. The van der Waals surface area contributed by atoms with E-state index in [1.54, 1.807) is 4.90 Å². The molecule has 3 rings (SSSR count). The van der Waals surface area contributed by atoms with Crippen molar-refractivity contribution in [2.75, 3.05) is 13.7 Å². The number of ether oxygens (including phenoxy) is 2. The molecule has 7 nitrogen and oxygen atoms in total. The highest BCUT2D eigenvalue weighted by atomic mass is 16.6. The van der Waals surface area contributed by atoms with Gasteiger partial charge in [-0.1, -0.05) is 18.1 Å². The summed E-state index contributed by atoms with van der Waals surface area (Å²) in [6, 6.07) is 7.79. The van der Waals surface area contributed by atoms with Gasteiger partial charge in [0.2, 0.25) is 5.91 Å². The van der Waals surface area contributed by atoms with E-state index in [9.17, 15) is 14.4 Å². The molecule has 3 unspecified atom stereocenters. The van der Waals surface area contributed by atoms with Crippen molar-refractivity contribution in [3.8, 4) is 11.8 Å². The molecule has 2 amide bonds. The molecular weight excluding hydrogens is 396 g/mol. The zero-order valence-electron chi connectivity index (χ0n) is 18.2. The summed E-state index contributed by atoms with van der Waals surface area (Å²) in [6.45, 7) is 2.55. The molecule has 31 heavy (non-hydrogen) atoms. The van der Waals surface area contributed by atoms with Gasteiger partial charge >= 0.3 is 12.1 Å². The first-order valence-corrected chi connectivity index (χ1v) is 10.8. The minimum Gasteiger partial charge on any atom is -0.453 e. The van der Waals surface area contributed by atoms with Gasteiger partial charge in [0, 0.05) is 36.9 Å². The van der Waals surface area contributed by atoms with E-state index in [1.165, 1.54) is 7.11 Å². The summed E-state index contributed by atoms with van der Waals surface area (Å²) in [5.74, 6) is 5.59. The summed E-state index contributed by atoms with van der Waals surface area (Å²) < 4.78 is 11.0. The van der Waals surface area contributed by atoms with Crippen LogP contribution >= 0.6 is 0 Å². The topological polar surface area (TPSA) is 98.9 Å². The van der Waals surface area contributed by atoms with E-state index in [-0.39, 0.29) is 30.9 Å². The maximum atomic E-state index is 12.7. The summed E-state index contributed by atoms with van der Waals surface area (Å²) >= 11 is 0. The number of methoxy groups -OCH3 is 1. The van der Waals surface area contributed by atoms with Crippen molar-refractivity contribution < 1.29 is 23.9 Å². The molecule has 0 spiro atoms. The molecule has 1 saturated carbocycles. The Bertz CT molecular complexity index is 903. The van der Waals surface area contributed by atoms with Gasteiger partial charge in [-0.25, -0.2) is 4.79 Å². The van der Waals surface area contributed by atoms with Crippen LogP contribution in [0.25, 0.3) is 0 Å². The largest absolute Gasteiger partial charge is 0.453 e. The summed E-state index contributed by atoms with van der Waals surface area (Å²) in [5, 5.41) is 0. The third kappa shape index (κ3) is 5.38. The van der Waals surface area contributed by atoms with Crippen LogP contribution in [-0.4, -0.2) is 48.2 Å². The number of nitrogens with two attached hydrogens (primary N) is 1. The number of fused-ring (bicyclic) bond motifs is 1. The minimum atomic E-state index is -0.973. The summed E-state index contributed by atoms with van der Waals surface area (Å²) in [6.07, 6.45) is 3.15. The smallest absolute Gasteiger partial charge is 0.409 e. The monoisotopic (exact) mass is 426 g/mol. The number of amides is 2. The van der Waals surface area contributed by atoms with Gasteiger partial charge < -0.3 is 20.1 Å². The number of hydrogen-bond acceptors (Lipinski definition) is 5. The van der Waals surface area contributed by atoms with Crippen molar-refractivity contribution in [1.82, 2.24) is 4.90 Å². The Kier molecular flexibility index (Phi) is 7.21. The third-order valence-electron chi connectivity index (χ3n) is 6.14. The average Bonchev–Trinajstić information content (AvgIpc) is 3.17. The average molecular weight is 427 g/mol. The van der Waals surface area contributed by atoms with Crippen molar-refractivity contribution in [2.45, 2.75) is 63.5 Å². The lowest BCUT2D eigenvalue weighted by molar-refractivity contribution is -0.162. The number of benzene rings is 1. The van der Waals surface area contributed by atoms with Crippen molar-refractivity contribution in [1.29, 1.82) is 0 Å². The van der Waals surface area contributed by atoms with E-state index in [0.717, 1.165) is 24.0 Å². The molecule has 2 aliphatic rings. The van der Waals surface area contributed by atoms with Gasteiger partial charge in [0.25, 0.3) is 0 Å². The lowest BCUT2D eigenvalue weighted by Gasteiger charge is -2.42. The van der Waals surface area contributed by atoms with Crippen LogP contribution < -0.4 is 5.73 Å². The summed E-state index contributed by atoms with van der Waals surface area (Å²) in [5.41, 5.74) is 6.16. The Balaban J connectivity index is 1.88. The van der Waals surface area contributed by atoms with E-state index < -0.39 is 17.5 Å². The number of hydrogen-bond donors (Lipinski definition) is 1.